The molecule has 1 N–H and O–H groups in total. The van der Waals surface area contributed by atoms with Gasteiger partial charge in [-0.15, -0.1) is 0 Å². The van der Waals surface area contributed by atoms with Crippen molar-refractivity contribution in [1.82, 2.24) is 20.0 Å². The third-order valence-corrected chi connectivity index (χ3v) is 6.09. The van der Waals surface area contributed by atoms with Gasteiger partial charge in [0.25, 0.3) is 0 Å². The van der Waals surface area contributed by atoms with Crippen molar-refractivity contribution in [1.29, 1.82) is 0 Å². The predicted octanol–water partition coefficient (Wildman–Crippen LogP) is 2.36. The Hall–Kier alpha value is -1.85. The molecule has 0 radical (unpaired) electrons. The van der Waals surface area contributed by atoms with Gasteiger partial charge < -0.3 is 10.2 Å². The molecule has 1 aliphatic carbocycles. The number of carbonyl (C=O) groups is 2. The third-order valence-electron chi connectivity index (χ3n) is 6.09. The summed E-state index contributed by atoms with van der Waals surface area (Å²) in [5.41, 5.74) is 3.47. The zero-order valence-electron chi connectivity index (χ0n) is 16.4. The van der Waals surface area contributed by atoms with Gasteiger partial charge in [0.2, 0.25) is 11.8 Å². The Morgan fingerprint density at radius 3 is 2.62 bits per heavy atom. The Bertz CT molecular complexity index is 661. The third kappa shape index (κ3) is 3.94. The molecule has 0 bridgehead atoms. The molecular formula is C20H32N4O2. The van der Waals surface area contributed by atoms with E-state index in [1.54, 1.807) is 0 Å². The van der Waals surface area contributed by atoms with Crippen molar-refractivity contribution in [2.24, 2.45) is 5.92 Å². The van der Waals surface area contributed by atoms with Crippen LogP contribution in [-0.2, 0) is 22.6 Å². The van der Waals surface area contributed by atoms with Crippen LogP contribution in [0.4, 0.5) is 0 Å². The van der Waals surface area contributed by atoms with E-state index < -0.39 is 0 Å². The Balaban J connectivity index is 1.52. The first-order valence-electron chi connectivity index (χ1n) is 10.1. The molecule has 2 aliphatic rings. The molecule has 1 saturated carbocycles. The van der Waals surface area contributed by atoms with Crippen LogP contribution in [0.2, 0.25) is 0 Å². The summed E-state index contributed by atoms with van der Waals surface area (Å²) in [5.74, 6) is 0.270. The van der Waals surface area contributed by atoms with Crippen molar-refractivity contribution in [3.05, 3.63) is 17.0 Å². The number of hydrogen-bond acceptors (Lipinski definition) is 3. The largest absolute Gasteiger partial charge is 0.355 e. The Morgan fingerprint density at radius 2 is 1.96 bits per heavy atom. The average molecular weight is 361 g/mol. The molecule has 0 aromatic carbocycles. The number of aryl methyl sites for hydroxylation is 2. The highest BCUT2D eigenvalue weighted by molar-refractivity contribution is 5.84. The van der Waals surface area contributed by atoms with E-state index in [1.165, 1.54) is 24.1 Å². The molecule has 3 rings (SSSR count). The smallest absolute Gasteiger partial charge is 0.224 e. The lowest BCUT2D eigenvalue weighted by Crippen LogP contribution is -2.49. The van der Waals surface area contributed by atoms with Crippen LogP contribution in [0.1, 0.15) is 62.4 Å². The number of likely N-dealkylation sites (tertiary alicyclic amines) is 1. The molecule has 6 nitrogen and oxygen atoms in total. The first-order valence-corrected chi connectivity index (χ1v) is 10.1. The minimum Gasteiger partial charge on any atom is -0.355 e. The fourth-order valence-corrected chi connectivity index (χ4v) is 4.51. The number of rotatable bonds is 6. The maximum Gasteiger partial charge on any atom is 0.224 e. The molecule has 1 aliphatic heterocycles. The monoisotopic (exact) mass is 360 g/mol. The maximum atomic E-state index is 12.6. The highest BCUT2D eigenvalue weighted by Gasteiger charge is 2.35. The minimum atomic E-state index is -0.0612. The van der Waals surface area contributed by atoms with Crippen LogP contribution in [-0.4, -0.2) is 45.6 Å². The van der Waals surface area contributed by atoms with Gasteiger partial charge in [-0.25, -0.2) is 0 Å². The van der Waals surface area contributed by atoms with Gasteiger partial charge in [-0.2, -0.15) is 5.10 Å². The number of aromatic nitrogens is 2. The van der Waals surface area contributed by atoms with E-state index in [0.717, 1.165) is 31.5 Å². The summed E-state index contributed by atoms with van der Waals surface area (Å²) in [6.07, 6.45) is 6.60. The lowest BCUT2D eigenvalue weighted by atomic mass is 9.94. The number of piperidine rings is 1. The van der Waals surface area contributed by atoms with Gasteiger partial charge in [0.15, 0.2) is 0 Å². The molecular weight excluding hydrogens is 328 g/mol. The van der Waals surface area contributed by atoms with E-state index >= 15 is 0 Å². The molecule has 1 atom stereocenters. The fourth-order valence-electron chi connectivity index (χ4n) is 4.51. The number of nitrogens with zero attached hydrogens (tertiary/aromatic N) is 3. The summed E-state index contributed by atoms with van der Waals surface area (Å²) in [4.78, 5) is 26.8. The molecule has 0 unspecified atom stereocenters. The molecule has 2 fully saturated rings. The second-order valence-electron chi connectivity index (χ2n) is 7.73. The first kappa shape index (κ1) is 18.9. The summed E-state index contributed by atoms with van der Waals surface area (Å²) >= 11 is 0. The van der Waals surface area contributed by atoms with Crippen LogP contribution in [0.15, 0.2) is 0 Å². The normalized spacial score (nSPS) is 21.4. The molecule has 144 valence electrons. The zero-order valence-corrected chi connectivity index (χ0v) is 16.4. The highest BCUT2D eigenvalue weighted by atomic mass is 16.2. The summed E-state index contributed by atoms with van der Waals surface area (Å²) in [5, 5.41) is 7.63. The molecule has 26 heavy (non-hydrogen) atoms. The molecule has 2 heterocycles. The quantitative estimate of drug-likeness (QED) is 0.847. The van der Waals surface area contributed by atoms with Gasteiger partial charge in [-0.1, -0.05) is 12.8 Å². The number of carbonyl (C=O) groups excluding carboxylic acids is 2. The van der Waals surface area contributed by atoms with Crippen LogP contribution in [0.3, 0.4) is 0 Å². The van der Waals surface area contributed by atoms with Gasteiger partial charge >= 0.3 is 0 Å². The van der Waals surface area contributed by atoms with Gasteiger partial charge in [0.1, 0.15) is 0 Å². The standard InChI is InChI=1S/C20H32N4O2/c1-4-24-15(3)18(14(2)22-24)11-12-21-20(26)16-9-10-19(25)23(13-16)17-7-5-6-8-17/h16-17H,4-13H2,1-3H3,(H,21,26)/t16-/m0/s1. The number of amides is 2. The second kappa shape index (κ2) is 8.23. The predicted molar refractivity (Wildman–Crippen MR) is 101 cm³/mol. The summed E-state index contributed by atoms with van der Waals surface area (Å²) < 4.78 is 2.01. The lowest BCUT2D eigenvalue weighted by Gasteiger charge is -2.36. The Morgan fingerprint density at radius 1 is 1.23 bits per heavy atom. The summed E-state index contributed by atoms with van der Waals surface area (Å²) in [7, 11) is 0. The van der Waals surface area contributed by atoms with Crippen LogP contribution in [0, 0.1) is 19.8 Å². The van der Waals surface area contributed by atoms with Crippen LogP contribution >= 0.6 is 0 Å². The van der Waals surface area contributed by atoms with Crippen molar-refractivity contribution in [2.45, 2.75) is 78.3 Å². The van der Waals surface area contributed by atoms with Crippen LogP contribution in [0.25, 0.3) is 0 Å². The number of hydrogen-bond donors (Lipinski definition) is 1. The average Bonchev–Trinajstić information content (AvgIpc) is 3.25. The Labute approximate surface area is 156 Å². The van der Waals surface area contributed by atoms with E-state index in [9.17, 15) is 9.59 Å². The summed E-state index contributed by atoms with van der Waals surface area (Å²) in [6.45, 7) is 8.30. The van der Waals surface area contributed by atoms with Crippen molar-refractivity contribution in [2.75, 3.05) is 13.1 Å². The van der Waals surface area contributed by atoms with Crippen molar-refractivity contribution < 1.29 is 9.59 Å². The SMILES string of the molecule is CCn1nc(C)c(CCNC(=O)[C@H]2CCC(=O)N(C3CCCC3)C2)c1C. The topological polar surface area (TPSA) is 67.2 Å². The Kier molecular flexibility index (Phi) is 5.99. The van der Waals surface area contributed by atoms with Gasteiger partial charge in [0.05, 0.1) is 11.6 Å². The van der Waals surface area contributed by atoms with E-state index in [-0.39, 0.29) is 17.7 Å². The van der Waals surface area contributed by atoms with Crippen molar-refractivity contribution in [3.8, 4) is 0 Å². The van der Waals surface area contributed by atoms with Crippen LogP contribution in [0.5, 0.6) is 0 Å². The van der Waals surface area contributed by atoms with Gasteiger partial charge in [-0.05, 0) is 52.0 Å². The maximum absolute atomic E-state index is 12.6. The molecule has 6 heteroatoms. The van der Waals surface area contributed by atoms with Gasteiger partial charge in [0, 0.05) is 37.8 Å². The van der Waals surface area contributed by atoms with E-state index in [4.69, 9.17) is 0 Å². The molecule has 0 spiro atoms. The van der Waals surface area contributed by atoms with Crippen LogP contribution < -0.4 is 5.32 Å². The van der Waals surface area contributed by atoms with Crippen molar-refractivity contribution >= 4 is 11.8 Å². The lowest BCUT2D eigenvalue weighted by molar-refractivity contribution is -0.140. The van der Waals surface area contributed by atoms with E-state index in [0.29, 0.717) is 32.0 Å². The van der Waals surface area contributed by atoms with Crippen molar-refractivity contribution in [3.63, 3.8) is 0 Å². The molecule has 1 saturated heterocycles. The number of nitrogens with one attached hydrogen (secondary N) is 1. The first-order chi connectivity index (χ1) is 12.5. The highest BCUT2D eigenvalue weighted by Crippen LogP contribution is 2.28. The molecule has 2 amide bonds. The minimum absolute atomic E-state index is 0.0612. The fraction of sp³-hybridized carbons (Fsp3) is 0.750. The summed E-state index contributed by atoms with van der Waals surface area (Å²) in [6, 6.07) is 0.364. The molecule has 1 aromatic heterocycles. The van der Waals surface area contributed by atoms with E-state index in [1.807, 2.05) is 16.5 Å². The molecule has 1 aromatic rings. The van der Waals surface area contributed by atoms with Gasteiger partial charge in [-0.3, -0.25) is 14.3 Å². The second-order valence-corrected chi connectivity index (χ2v) is 7.73. The van der Waals surface area contributed by atoms with E-state index in [2.05, 4.69) is 24.3 Å². The zero-order chi connectivity index (χ0) is 18.7.